The normalized spacial score (nSPS) is 14.2. The molecule has 64 valence electrons. The number of carboxylic acids is 1. The van der Waals surface area contributed by atoms with Crippen LogP contribution in [0.5, 0.6) is 0 Å². The van der Waals surface area contributed by atoms with Gasteiger partial charge < -0.3 is 5.11 Å². The summed E-state index contributed by atoms with van der Waals surface area (Å²) in [5, 5.41) is 8.52. The first-order valence-corrected chi connectivity index (χ1v) is 6.56. The molecular weight excluding hydrogens is 199 g/mol. The summed E-state index contributed by atoms with van der Waals surface area (Å²) in [6.07, 6.45) is 2.91. The third-order valence-electron chi connectivity index (χ3n) is 1.23. The van der Waals surface area contributed by atoms with Gasteiger partial charge in [0.05, 0.1) is 0 Å². The van der Waals surface area contributed by atoms with E-state index in [9.17, 15) is 4.79 Å². The predicted molar refractivity (Wildman–Crippen MR) is 54.5 cm³/mol. The Morgan fingerprint density at radius 3 is 2.73 bits per heavy atom. The zero-order valence-electron chi connectivity index (χ0n) is 6.36. The van der Waals surface area contributed by atoms with Crippen molar-refractivity contribution in [2.24, 2.45) is 0 Å². The monoisotopic (exact) mass is 211 g/mol. The van der Waals surface area contributed by atoms with E-state index in [-0.39, 0.29) is 0 Å². The smallest absolute Gasteiger partial charge is 0.363 e. The summed E-state index contributed by atoms with van der Waals surface area (Å²) in [6.45, 7) is 1.22. The van der Waals surface area contributed by atoms with Crippen molar-refractivity contribution in [2.45, 2.75) is 24.8 Å². The lowest BCUT2D eigenvalue weighted by Gasteiger charge is -1.94. The highest BCUT2D eigenvalue weighted by atomic mass is 32.4. The van der Waals surface area contributed by atoms with Crippen molar-refractivity contribution in [1.82, 2.24) is 0 Å². The van der Waals surface area contributed by atoms with Crippen molar-refractivity contribution in [3.8, 4) is 0 Å². The molecule has 0 heterocycles. The first-order valence-electron chi connectivity index (χ1n) is 3.44. The van der Waals surface area contributed by atoms with Gasteiger partial charge in [0, 0.05) is 0 Å². The highest BCUT2D eigenvalue weighted by Crippen LogP contribution is 2.32. The Morgan fingerprint density at radius 2 is 2.36 bits per heavy atom. The van der Waals surface area contributed by atoms with Gasteiger partial charge in [-0.15, -0.1) is 12.6 Å². The van der Waals surface area contributed by atoms with Crippen LogP contribution >= 0.6 is 19.3 Å². The maximum absolute atomic E-state index is 10.4. The number of carbonyl (C=O) groups is 1. The molecule has 2 atom stereocenters. The minimum absolute atomic E-state index is 0.619. The predicted octanol–water partition coefficient (Wildman–Crippen LogP) is 2.07. The molecule has 2 unspecified atom stereocenters. The second-order valence-electron chi connectivity index (χ2n) is 2.21. The van der Waals surface area contributed by atoms with E-state index in [1.54, 1.807) is 0 Å². The Kier molecular flexibility index (Phi) is 6.11. The molecule has 0 aromatic rings. The lowest BCUT2D eigenvalue weighted by Crippen LogP contribution is -2.09. The van der Waals surface area contributed by atoms with Crippen molar-refractivity contribution < 1.29 is 9.90 Å². The molecule has 0 aromatic carbocycles. The van der Waals surface area contributed by atoms with E-state index in [0.717, 1.165) is 19.0 Å². The second-order valence-corrected chi connectivity index (χ2v) is 6.33. The molecule has 0 rings (SSSR count). The van der Waals surface area contributed by atoms with E-state index < -0.39 is 17.7 Å². The first-order chi connectivity index (χ1) is 5.09. The van der Waals surface area contributed by atoms with Gasteiger partial charge in [0.1, 0.15) is 6.16 Å². The summed E-state index contributed by atoms with van der Waals surface area (Å²) < 4.78 is 0. The average molecular weight is 211 g/mol. The molecule has 0 saturated carbocycles. The van der Waals surface area contributed by atoms with Crippen LogP contribution in [0.2, 0.25) is 0 Å². The molecular formula is C6H12O2PS2+. The van der Waals surface area contributed by atoms with Crippen LogP contribution in [0.15, 0.2) is 0 Å². The number of aliphatic carboxylic acids is 1. The van der Waals surface area contributed by atoms with Crippen LogP contribution in [0.4, 0.5) is 0 Å². The van der Waals surface area contributed by atoms with Crippen LogP contribution in [0, 0.1) is 0 Å². The maximum Gasteiger partial charge on any atom is 0.363 e. The van der Waals surface area contributed by atoms with E-state index in [0.29, 0.717) is 0 Å². The standard InChI is InChI=1S/C6H11O2PS2/c1-2-3-4-9(11)6(10)5(7)8/h6H,2-4H2,1H3,(H-,7,8,10)/p+1. The molecule has 0 aliphatic carbocycles. The number of thiol groups is 1. The number of rotatable bonds is 5. The lowest BCUT2D eigenvalue weighted by molar-refractivity contribution is -0.134. The average Bonchev–Trinajstić information content (AvgIpc) is 1.98. The van der Waals surface area contributed by atoms with Crippen molar-refractivity contribution in [3.63, 3.8) is 0 Å². The highest BCUT2D eigenvalue weighted by molar-refractivity contribution is 8.11. The van der Waals surface area contributed by atoms with Gasteiger partial charge in [0.2, 0.25) is 6.70 Å². The fraction of sp³-hybridized carbons (Fsp3) is 0.833. The summed E-state index contributed by atoms with van der Waals surface area (Å²) in [5.41, 5.74) is 0. The van der Waals surface area contributed by atoms with Crippen molar-refractivity contribution in [3.05, 3.63) is 0 Å². The van der Waals surface area contributed by atoms with E-state index in [1.165, 1.54) is 0 Å². The molecule has 11 heavy (non-hydrogen) atoms. The van der Waals surface area contributed by atoms with E-state index >= 15 is 0 Å². The van der Waals surface area contributed by atoms with Crippen molar-refractivity contribution in [1.29, 1.82) is 0 Å². The molecule has 0 amide bonds. The summed E-state index contributed by atoms with van der Waals surface area (Å²) in [7, 11) is 0. The topological polar surface area (TPSA) is 37.3 Å². The van der Waals surface area contributed by atoms with E-state index in [1.807, 2.05) is 0 Å². The Balaban J connectivity index is 3.74. The van der Waals surface area contributed by atoms with Gasteiger partial charge in [-0.1, -0.05) is 13.3 Å². The number of hydrogen-bond acceptors (Lipinski definition) is 3. The van der Waals surface area contributed by atoms with Gasteiger partial charge >= 0.3 is 5.97 Å². The maximum atomic E-state index is 10.4. The summed E-state index contributed by atoms with van der Waals surface area (Å²) >= 11 is 8.93. The lowest BCUT2D eigenvalue weighted by atomic mass is 10.4. The molecule has 0 fully saturated rings. The SMILES string of the molecule is CCCC[P+](=S)C(S)C(=O)O. The molecule has 0 radical (unpaired) electrons. The van der Waals surface area contributed by atoms with Crippen LogP contribution < -0.4 is 0 Å². The van der Waals surface area contributed by atoms with E-state index in [2.05, 4.69) is 19.6 Å². The Labute approximate surface area is 78.2 Å². The van der Waals surface area contributed by atoms with Gasteiger partial charge in [-0.05, 0) is 6.42 Å². The van der Waals surface area contributed by atoms with Crippen molar-refractivity contribution >= 4 is 37.1 Å². The molecule has 0 aliphatic rings. The fourth-order valence-electron chi connectivity index (χ4n) is 0.559. The molecule has 0 aromatic heterocycles. The molecule has 0 aliphatic heterocycles. The van der Waals surface area contributed by atoms with Crippen molar-refractivity contribution in [2.75, 3.05) is 6.16 Å². The zero-order chi connectivity index (χ0) is 8.85. The molecule has 5 heteroatoms. The van der Waals surface area contributed by atoms with Crippen LogP contribution in [0.3, 0.4) is 0 Å². The van der Waals surface area contributed by atoms with E-state index in [4.69, 9.17) is 16.9 Å². The first kappa shape index (κ1) is 11.3. The molecule has 1 N–H and O–H groups in total. The summed E-state index contributed by atoms with van der Waals surface area (Å²) in [4.78, 5) is 9.76. The van der Waals surface area contributed by atoms with Gasteiger partial charge in [-0.25, -0.2) is 4.79 Å². The highest BCUT2D eigenvalue weighted by Gasteiger charge is 2.27. The molecule has 0 spiro atoms. The van der Waals surface area contributed by atoms with Crippen LogP contribution in [-0.4, -0.2) is 22.2 Å². The fourth-order valence-corrected chi connectivity index (χ4v) is 2.68. The number of carboxylic acid groups (broad SMARTS) is 1. The number of unbranched alkanes of at least 4 members (excludes halogenated alkanes) is 1. The largest absolute Gasteiger partial charge is 0.477 e. The molecule has 2 nitrogen and oxygen atoms in total. The van der Waals surface area contributed by atoms with Crippen LogP contribution in [-0.2, 0) is 16.6 Å². The second kappa shape index (κ2) is 5.92. The van der Waals surface area contributed by atoms with Crippen LogP contribution in [0.25, 0.3) is 0 Å². The Hall–Kier alpha value is 0.340. The van der Waals surface area contributed by atoms with Gasteiger partial charge in [-0.3, -0.25) is 0 Å². The minimum Gasteiger partial charge on any atom is -0.477 e. The number of hydrogen-bond donors (Lipinski definition) is 2. The van der Waals surface area contributed by atoms with Gasteiger partial charge in [0.25, 0.3) is 4.99 Å². The van der Waals surface area contributed by atoms with Gasteiger partial charge in [-0.2, -0.15) is 0 Å². The summed E-state index contributed by atoms with van der Waals surface area (Å²) in [6, 6.07) is 0. The Morgan fingerprint density at radius 1 is 1.82 bits per heavy atom. The third-order valence-corrected chi connectivity index (χ3v) is 5.46. The quantitative estimate of drug-likeness (QED) is 0.540. The molecule has 0 bridgehead atoms. The minimum atomic E-state index is -0.884. The zero-order valence-corrected chi connectivity index (χ0v) is 8.96. The molecule has 0 saturated heterocycles. The van der Waals surface area contributed by atoms with Gasteiger partial charge in [0.15, 0.2) is 11.8 Å². The third kappa shape index (κ3) is 4.72. The Bertz CT molecular complexity index is 161. The summed E-state index contributed by atoms with van der Waals surface area (Å²) in [5.74, 6) is -0.884. The van der Waals surface area contributed by atoms with Crippen LogP contribution in [0.1, 0.15) is 19.8 Å².